The fourth-order valence-corrected chi connectivity index (χ4v) is 1.62. The minimum absolute atomic E-state index is 0.431. The topological polar surface area (TPSA) is 86.8 Å². The van der Waals surface area contributed by atoms with Crippen molar-refractivity contribution in [2.75, 3.05) is 12.8 Å². The highest BCUT2D eigenvalue weighted by molar-refractivity contribution is 5.67. The second kappa shape index (κ2) is 4.73. The monoisotopic (exact) mass is 231 g/mol. The maximum Gasteiger partial charge on any atom is 0.241 e. The van der Waals surface area contributed by atoms with Crippen LogP contribution in [-0.2, 0) is 6.42 Å². The Balaban J connectivity index is 2.64. The smallest absolute Gasteiger partial charge is 0.241 e. The van der Waals surface area contributed by atoms with Gasteiger partial charge < -0.3 is 10.5 Å². The van der Waals surface area contributed by atoms with Crippen LogP contribution in [0.1, 0.15) is 12.5 Å². The number of hydrogen-bond acceptors (Lipinski definition) is 6. The van der Waals surface area contributed by atoms with Crippen LogP contribution < -0.4 is 10.5 Å². The molecule has 0 amide bonds. The first-order valence-electron chi connectivity index (χ1n) is 5.22. The zero-order valence-electron chi connectivity index (χ0n) is 9.71. The quantitative estimate of drug-likeness (QED) is 0.850. The molecule has 0 saturated carbocycles. The summed E-state index contributed by atoms with van der Waals surface area (Å²) in [6, 6.07) is 0. The third kappa shape index (κ3) is 2.01. The summed E-state index contributed by atoms with van der Waals surface area (Å²) in [6.45, 7) is 1.99. The Labute approximate surface area is 98.9 Å². The van der Waals surface area contributed by atoms with E-state index in [4.69, 9.17) is 10.5 Å². The molecule has 0 aliphatic carbocycles. The van der Waals surface area contributed by atoms with Crippen molar-refractivity contribution >= 4 is 5.82 Å². The number of rotatable bonds is 3. The second-order valence-corrected chi connectivity index (χ2v) is 3.35. The minimum atomic E-state index is 0.431. The van der Waals surface area contributed by atoms with E-state index in [9.17, 15) is 0 Å². The molecular weight excluding hydrogens is 218 g/mol. The number of nitrogens with two attached hydrogens (primary N) is 1. The van der Waals surface area contributed by atoms with E-state index in [0.717, 1.165) is 12.0 Å². The zero-order valence-corrected chi connectivity index (χ0v) is 9.71. The maximum absolute atomic E-state index is 5.82. The van der Waals surface area contributed by atoms with Crippen LogP contribution in [0.3, 0.4) is 0 Å². The highest BCUT2D eigenvalue weighted by atomic mass is 16.5. The molecule has 0 radical (unpaired) electrons. The summed E-state index contributed by atoms with van der Waals surface area (Å²) in [5, 5.41) is 0. The molecule has 0 aromatic carbocycles. The molecule has 2 heterocycles. The molecule has 2 N–H and O–H groups in total. The molecule has 17 heavy (non-hydrogen) atoms. The van der Waals surface area contributed by atoms with Gasteiger partial charge in [-0.3, -0.25) is 0 Å². The minimum Gasteiger partial charge on any atom is -0.479 e. The number of hydrogen-bond donors (Lipinski definition) is 1. The highest BCUT2D eigenvalue weighted by Gasteiger charge is 2.15. The predicted molar refractivity (Wildman–Crippen MR) is 63.4 cm³/mol. The summed E-state index contributed by atoms with van der Waals surface area (Å²) in [5.41, 5.74) is 7.93. The van der Waals surface area contributed by atoms with E-state index >= 15 is 0 Å². The molecule has 0 atom stereocenters. The van der Waals surface area contributed by atoms with Gasteiger partial charge in [0.15, 0.2) is 5.69 Å². The van der Waals surface area contributed by atoms with Gasteiger partial charge in [-0.05, 0) is 6.42 Å². The van der Waals surface area contributed by atoms with Crippen LogP contribution in [0.25, 0.3) is 11.4 Å². The molecule has 0 aliphatic heterocycles. The molecule has 2 aromatic rings. The van der Waals surface area contributed by atoms with Crippen LogP contribution in [0.15, 0.2) is 18.7 Å². The average molecular weight is 231 g/mol. The summed E-state index contributed by atoms with van der Waals surface area (Å²) >= 11 is 0. The van der Waals surface area contributed by atoms with Crippen molar-refractivity contribution in [3.05, 3.63) is 24.3 Å². The zero-order chi connectivity index (χ0) is 12.3. The molecule has 0 aliphatic rings. The van der Waals surface area contributed by atoms with Gasteiger partial charge in [-0.25, -0.2) is 19.9 Å². The number of ether oxygens (including phenoxy) is 1. The first kappa shape index (κ1) is 11.3. The van der Waals surface area contributed by atoms with Gasteiger partial charge in [0.1, 0.15) is 17.8 Å². The van der Waals surface area contributed by atoms with Crippen molar-refractivity contribution in [3.8, 4) is 17.3 Å². The molecule has 0 fully saturated rings. The van der Waals surface area contributed by atoms with E-state index in [2.05, 4.69) is 19.9 Å². The first-order valence-corrected chi connectivity index (χ1v) is 5.22. The van der Waals surface area contributed by atoms with Crippen LogP contribution in [0.2, 0.25) is 0 Å². The van der Waals surface area contributed by atoms with Gasteiger partial charge in [-0.2, -0.15) is 0 Å². The lowest BCUT2D eigenvalue weighted by atomic mass is 10.1. The van der Waals surface area contributed by atoms with Gasteiger partial charge in [0.05, 0.1) is 7.11 Å². The standard InChI is InChI=1S/C11H13N5O/c1-3-7-8(15-6-16-10(7)12)9-11(17-2)14-5-4-13-9/h4-6H,3H2,1-2H3,(H2,12,15,16). The van der Waals surface area contributed by atoms with E-state index < -0.39 is 0 Å². The van der Waals surface area contributed by atoms with Crippen LogP contribution in [0.4, 0.5) is 5.82 Å². The normalized spacial score (nSPS) is 10.2. The summed E-state index contributed by atoms with van der Waals surface area (Å²) in [7, 11) is 1.55. The van der Waals surface area contributed by atoms with Gasteiger partial charge in [0, 0.05) is 18.0 Å². The van der Waals surface area contributed by atoms with E-state index in [1.807, 2.05) is 6.92 Å². The molecule has 2 rings (SSSR count). The average Bonchev–Trinajstić information content (AvgIpc) is 2.38. The van der Waals surface area contributed by atoms with Crippen molar-refractivity contribution in [2.24, 2.45) is 0 Å². The molecule has 6 nitrogen and oxygen atoms in total. The van der Waals surface area contributed by atoms with Crippen molar-refractivity contribution < 1.29 is 4.74 Å². The van der Waals surface area contributed by atoms with Gasteiger partial charge in [-0.15, -0.1) is 0 Å². The van der Waals surface area contributed by atoms with E-state index in [-0.39, 0.29) is 0 Å². The largest absolute Gasteiger partial charge is 0.479 e. The van der Waals surface area contributed by atoms with E-state index in [1.165, 1.54) is 6.33 Å². The number of nitrogens with zero attached hydrogens (tertiary/aromatic N) is 4. The Morgan fingerprint density at radius 2 is 1.88 bits per heavy atom. The molecule has 2 aromatic heterocycles. The Bertz CT molecular complexity index is 529. The van der Waals surface area contributed by atoms with Crippen molar-refractivity contribution in [3.63, 3.8) is 0 Å². The Kier molecular flexibility index (Phi) is 3.13. The van der Waals surface area contributed by atoms with Gasteiger partial charge in [0.25, 0.3) is 0 Å². The number of nitrogen functional groups attached to an aromatic ring is 1. The number of aromatic nitrogens is 4. The molecule has 0 spiro atoms. The lowest BCUT2D eigenvalue weighted by Crippen LogP contribution is -2.04. The van der Waals surface area contributed by atoms with Crippen LogP contribution in [0, 0.1) is 0 Å². The highest BCUT2D eigenvalue weighted by Crippen LogP contribution is 2.28. The summed E-state index contributed by atoms with van der Waals surface area (Å²) in [6.07, 6.45) is 5.30. The molecule has 0 unspecified atom stereocenters. The van der Waals surface area contributed by atoms with Gasteiger partial charge in [-0.1, -0.05) is 6.92 Å². The van der Waals surface area contributed by atoms with Crippen LogP contribution >= 0.6 is 0 Å². The van der Waals surface area contributed by atoms with Gasteiger partial charge >= 0.3 is 0 Å². The Morgan fingerprint density at radius 1 is 1.12 bits per heavy atom. The first-order chi connectivity index (χ1) is 8.27. The summed E-state index contributed by atoms with van der Waals surface area (Å²) < 4.78 is 5.16. The van der Waals surface area contributed by atoms with Crippen molar-refractivity contribution in [1.82, 2.24) is 19.9 Å². The van der Waals surface area contributed by atoms with Crippen LogP contribution in [0.5, 0.6) is 5.88 Å². The van der Waals surface area contributed by atoms with Gasteiger partial charge in [0.2, 0.25) is 5.88 Å². The summed E-state index contributed by atoms with van der Waals surface area (Å²) in [4.78, 5) is 16.5. The molecule has 88 valence electrons. The third-order valence-electron chi connectivity index (χ3n) is 2.41. The molecule has 0 saturated heterocycles. The fraction of sp³-hybridized carbons (Fsp3) is 0.273. The second-order valence-electron chi connectivity index (χ2n) is 3.35. The Hall–Kier alpha value is -2.24. The summed E-state index contributed by atoms with van der Waals surface area (Å²) in [5.74, 6) is 0.894. The maximum atomic E-state index is 5.82. The van der Waals surface area contributed by atoms with Crippen molar-refractivity contribution in [1.29, 1.82) is 0 Å². The van der Waals surface area contributed by atoms with E-state index in [1.54, 1.807) is 19.5 Å². The lowest BCUT2D eigenvalue weighted by Gasteiger charge is -2.09. The number of anilines is 1. The molecule has 6 heteroatoms. The lowest BCUT2D eigenvalue weighted by molar-refractivity contribution is 0.397. The third-order valence-corrected chi connectivity index (χ3v) is 2.41. The van der Waals surface area contributed by atoms with Crippen LogP contribution in [-0.4, -0.2) is 27.0 Å². The number of methoxy groups -OCH3 is 1. The van der Waals surface area contributed by atoms with E-state index in [0.29, 0.717) is 23.1 Å². The predicted octanol–water partition coefficient (Wildman–Crippen LogP) is 1.09. The van der Waals surface area contributed by atoms with Crippen molar-refractivity contribution in [2.45, 2.75) is 13.3 Å². The fourth-order valence-electron chi connectivity index (χ4n) is 1.62. The SMILES string of the molecule is CCc1c(N)ncnc1-c1nccnc1OC. The molecular formula is C11H13N5O. The molecule has 0 bridgehead atoms. The Morgan fingerprint density at radius 3 is 2.59 bits per heavy atom.